The van der Waals surface area contributed by atoms with Crippen molar-refractivity contribution >= 4 is 5.78 Å². The zero-order valence-corrected chi connectivity index (χ0v) is 15.1. The predicted octanol–water partition coefficient (Wildman–Crippen LogP) is 6.99. The number of carbonyl (C=O) groups is 1. The third kappa shape index (κ3) is 15.9. The lowest BCUT2D eigenvalue weighted by Gasteiger charge is -2.02. The minimum absolute atomic E-state index is 0.375. The largest absolute Gasteiger partial charge is 0.462 e. The minimum Gasteiger partial charge on any atom is -0.275 e. The summed E-state index contributed by atoms with van der Waals surface area (Å²) >= 11 is 0. The molecule has 0 radical (unpaired) electrons. The van der Waals surface area contributed by atoms with Crippen molar-refractivity contribution < 1.29 is 18.0 Å². The molecule has 0 bridgehead atoms. The normalized spacial score (nSPS) is 11.2. The topological polar surface area (TPSA) is 17.1 Å². The van der Waals surface area contributed by atoms with E-state index in [9.17, 15) is 18.0 Å². The molecule has 0 unspecified atom stereocenters. The van der Waals surface area contributed by atoms with E-state index in [0.29, 0.717) is 6.42 Å². The van der Waals surface area contributed by atoms with Crippen LogP contribution in [0.5, 0.6) is 0 Å². The number of alkyl halides is 3. The van der Waals surface area contributed by atoms with Crippen molar-refractivity contribution in [3.8, 4) is 11.8 Å². The monoisotopic (exact) mass is 346 g/mol. The van der Waals surface area contributed by atoms with E-state index < -0.39 is 12.0 Å². The summed E-state index contributed by atoms with van der Waals surface area (Å²) in [6.45, 7) is 2.24. The summed E-state index contributed by atoms with van der Waals surface area (Å²) < 4.78 is 35.7. The third-order valence-corrected chi connectivity index (χ3v) is 4.11. The zero-order chi connectivity index (χ0) is 18.1. The predicted molar refractivity (Wildman–Crippen MR) is 93.8 cm³/mol. The van der Waals surface area contributed by atoms with Crippen LogP contribution in [0.25, 0.3) is 0 Å². The first-order valence-electron chi connectivity index (χ1n) is 9.58. The fourth-order valence-electron chi connectivity index (χ4n) is 2.62. The summed E-state index contributed by atoms with van der Waals surface area (Å²) in [5, 5.41) is 0. The van der Waals surface area contributed by atoms with Crippen molar-refractivity contribution in [2.75, 3.05) is 0 Å². The van der Waals surface area contributed by atoms with E-state index in [4.69, 9.17) is 0 Å². The highest BCUT2D eigenvalue weighted by atomic mass is 19.4. The van der Waals surface area contributed by atoms with Crippen molar-refractivity contribution in [1.29, 1.82) is 0 Å². The molecule has 0 aliphatic heterocycles. The molecule has 0 amide bonds. The highest BCUT2D eigenvalue weighted by Gasteiger charge is 2.36. The lowest BCUT2D eigenvalue weighted by atomic mass is 10.0. The standard InChI is InChI=1S/C20H33F3O/c1-2-3-4-5-6-7-8-9-10-11-12-13-14-15-16-17-18-19(24)20(21,22)23/h2-16H2,1H3. The van der Waals surface area contributed by atoms with Crippen molar-refractivity contribution in [3.63, 3.8) is 0 Å². The maximum absolute atomic E-state index is 11.9. The van der Waals surface area contributed by atoms with Crippen LogP contribution >= 0.6 is 0 Å². The van der Waals surface area contributed by atoms with E-state index >= 15 is 0 Å². The second kappa shape index (κ2) is 15.5. The molecule has 0 heterocycles. The van der Waals surface area contributed by atoms with E-state index in [1.54, 1.807) is 5.92 Å². The Kier molecular flexibility index (Phi) is 14.9. The maximum atomic E-state index is 11.9. The first kappa shape index (κ1) is 23.0. The van der Waals surface area contributed by atoms with Gasteiger partial charge in [-0.25, -0.2) is 0 Å². The van der Waals surface area contributed by atoms with Crippen LogP contribution in [0, 0.1) is 11.8 Å². The highest BCUT2D eigenvalue weighted by molar-refractivity contribution is 5.99. The van der Waals surface area contributed by atoms with Gasteiger partial charge < -0.3 is 0 Å². The Morgan fingerprint density at radius 2 is 1.08 bits per heavy atom. The molecule has 140 valence electrons. The lowest BCUT2D eigenvalue weighted by Crippen LogP contribution is -2.20. The fraction of sp³-hybridized carbons (Fsp3) is 0.850. The Labute approximate surface area is 145 Å². The summed E-state index contributed by atoms with van der Waals surface area (Å²) in [7, 11) is 0. The summed E-state index contributed by atoms with van der Waals surface area (Å²) in [5.41, 5.74) is 0. The molecule has 0 aromatic heterocycles. The molecular weight excluding hydrogens is 313 g/mol. The second-order valence-corrected chi connectivity index (χ2v) is 6.47. The Bertz CT molecular complexity index is 363. The molecule has 0 aliphatic carbocycles. The van der Waals surface area contributed by atoms with Crippen LogP contribution < -0.4 is 0 Å². The Hall–Kier alpha value is -0.980. The summed E-state index contributed by atoms with van der Waals surface area (Å²) in [6.07, 6.45) is 13.0. The van der Waals surface area contributed by atoms with E-state index in [2.05, 4.69) is 12.8 Å². The van der Waals surface area contributed by atoms with E-state index in [-0.39, 0.29) is 0 Å². The van der Waals surface area contributed by atoms with Crippen LogP contribution in [0.1, 0.15) is 103 Å². The number of carbonyl (C=O) groups excluding carboxylic acids is 1. The Morgan fingerprint density at radius 3 is 1.46 bits per heavy atom. The quantitative estimate of drug-likeness (QED) is 0.188. The van der Waals surface area contributed by atoms with Crippen molar-refractivity contribution in [2.24, 2.45) is 0 Å². The molecule has 4 heteroatoms. The minimum atomic E-state index is -4.82. The number of Topliss-reactive ketones (excluding diaryl/α,β-unsaturated/α-hetero) is 1. The average molecular weight is 346 g/mol. The van der Waals surface area contributed by atoms with E-state index in [1.165, 1.54) is 70.6 Å². The van der Waals surface area contributed by atoms with Gasteiger partial charge in [-0.1, -0.05) is 96.3 Å². The highest BCUT2D eigenvalue weighted by Crippen LogP contribution is 2.15. The van der Waals surface area contributed by atoms with Gasteiger partial charge in [0.2, 0.25) is 0 Å². The van der Waals surface area contributed by atoms with Crippen molar-refractivity contribution in [3.05, 3.63) is 0 Å². The van der Waals surface area contributed by atoms with Crippen molar-refractivity contribution in [1.82, 2.24) is 0 Å². The van der Waals surface area contributed by atoms with Gasteiger partial charge in [-0.3, -0.25) is 4.79 Å². The summed E-state index contributed by atoms with van der Waals surface area (Å²) in [6, 6.07) is 0. The van der Waals surface area contributed by atoms with Crippen LogP contribution in [0.3, 0.4) is 0 Å². The Balaban J connectivity index is 3.24. The van der Waals surface area contributed by atoms with Gasteiger partial charge in [0.25, 0.3) is 0 Å². The fourth-order valence-corrected chi connectivity index (χ4v) is 2.62. The van der Waals surface area contributed by atoms with Crippen LogP contribution in [-0.4, -0.2) is 12.0 Å². The molecule has 1 nitrogen and oxygen atoms in total. The van der Waals surface area contributed by atoms with Crippen LogP contribution in [0.2, 0.25) is 0 Å². The van der Waals surface area contributed by atoms with E-state index in [1.807, 2.05) is 0 Å². The molecule has 0 fully saturated rings. The van der Waals surface area contributed by atoms with Crippen LogP contribution in [0.4, 0.5) is 13.2 Å². The van der Waals surface area contributed by atoms with Crippen LogP contribution in [-0.2, 0) is 4.79 Å². The second-order valence-electron chi connectivity index (χ2n) is 6.47. The van der Waals surface area contributed by atoms with Crippen LogP contribution in [0.15, 0.2) is 0 Å². The molecule has 0 spiro atoms. The third-order valence-electron chi connectivity index (χ3n) is 4.11. The zero-order valence-electron chi connectivity index (χ0n) is 15.1. The number of hydrogen-bond acceptors (Lipinski definition) is 1. The molecule has 0 saturated heterocycles. The van der Waals surface area contributed by atoms with Gasteiger partial charge in [-0.05, 0) is 12.3 Å². The maximum Gasteiger partial charge on any atom is 0.462 e. The van der Waals surface area contributed by atoms with Crippen molar-refractivity contribution in [2.45, 2.75) is 109 Å². The first-order valence-corrected chi connectivity index (χ1v) is 9.58. The molecular formula is C20H33F3O. The molecule has 0 aromatic rings. The molecule has 0 rings (SSSR count). The van der Waals surface area contributed by atoms with E-state index in [0.717, 1.165) is 19.3 Å². The van der Waals surface area contributed by atoms with Gasteiger partial charge in [-0.2, -0.15) is 13.2 Å². The number of halogens is 3. The van der Waals surface area contributed by atoms with Gasteiger partial charge >= 0.3 is 12.0 Å². The summed E-state index contributed by atoms with van der Waals surface area (Å²) in [4.78, 5) is 10.5. The lowest BCUT2D eigenvalue weighted by molar-refractivity contribution is -0.164. The average Bonchev–Trinajstić information content (AvgIpc) is 2.53. The first-order chi connectivity index (χ1) is 11.5. The molecule has 0 N–H and O–H groups in total. The van der Waals surface area contributed by atoms with Gasteiger partial charge in [0, 0.05) is 6.42 Å². The SMILES string of the molecule is CCCCCCCCCCCCCCCCC#CC(=O)C(F)(F)F. The number of unbranched alkanes of at least 4 members (excludes halogenated alkanes) is 14. The van der Waals surface area contributed by atoms with Gasteiger partial charge in [0.05, 0.1) is 0 Å². The van der Waals surface area contributed by atoms with Gasteiger partial charge in [-0.15, -0.1) is 0 Å². The smallest absolute Gasteiger partial charge is 0.275 e. The Morgan fingerprint density at radius 1 is 0.708 bits per heavy atom. The molecule has 0 aromatic carbocycles. The summed E-state index contributed by atoms with van der Waals surface area (Å²) in [5.74, 6) is 2.03. The number of ketones is 1. The molecule has 0 aliphatic rings. The number of rotatable bonds is 14. The molecule has 0 atom stereocenters. The number of hydrogen-bond donors (Lipinski definition) is 0. The van der Waals surface area contributed by atoms with Gasteiger partial charge in [0.15, 0.2) is 0 Å². The molecule has 0 saturated carbocycles. The molecule has 24 heavy (non-hydrogen) atoms. The van der Waals surface area contributed by atoms with Gasteiger partial charge in [0.1, 0.15) is 0 Å².